The summed E-state index contributed by atoms with van der Waals surface area (Å²) >= 11 is 0. The summed E-state index contributed by atoms with van der Waals surface area (Å²) in [4.78, 5) is 27.3. The van der Waals surface area contributed by atoms with Crippen molar-refractivity contribution >= 4 is 34.5 Å². The van der Waals surface area contributed by atoms with Crippen molar-refractivity contribution in [3.63, 3.8) is 0 Å². The summed E-state index contributed by atoms with van der Waals surface area (Å²) in [5.41, 5.74) is 4.85. The molecule has 178 valence electrons. The first kappa shape index (κ1) is 26.6. The molecule has 0 atom stereocenters. The Hall–Kier alpha value is -2.67. The minimum absolute atomic E-state index is 0. The fourth-order valence-electron chi connectivity index (χ4n) is 3.90. The molecular weight excluding hydrogens is 482 g/mol. The number of hydrogen-bond acceptors (Lipinski definition) is 4. The number of carbonyl (C=O) groups is 2. The van der Waals surface area contributed by atoms with Crippen LogP contribution in [0.2, 0.25) is 0 Å². The highest BCUT2D eigenvalue weighted by Gasteiger charge is 2.29. The zero-order valence-corrected chi connectivity index (χ0v) is 22.0. The van der Waals surface area contributed by atoms with E-state index >= 15 is 0 Å². The van der Waals surface area contributed by atoms with E-state index in [0.29, 0.717) is 35.6 Å². The Morgan fingerprint density at radius 1 is 1.12 bits per heavy atom. The molecule has 0 bridgehead atoms. The second kappa shape index (κ2) is 10.5. The summed E-state index contributed by atoms with van der Waals surface area (Å²) in [6.45, 7) is 11.4. The van der Waals surface area contributed by atoms with Crippen LogP contribution in [0.1, 0.15) is 77.6 Å². The molecule has 1 heterocycles. The van der Waals surface area contributed by atoms with Gasteiger partial charge in [0, 0.05) is 24.7 Å². The van der Waals surface area contributed by atoms with Gasteiger partial charge in [-0.1, -0.05) is 33.8 Å². The topological polar surface area (TPSA) is 82.5 Å². The highest BCUT2D eigenvalue weighted by atomic mass is 79.9. The van der Waals surface area contributed by atoms with Crippen LogP contribution in [0.3, 0.4) is 0 Å². The summed E-state index contributed by atoms with van der Waals surface area (Å²) < 4.78 is 5.66. The van der Waals surface area contributed by atoms with Crippen molar-refractivity contribution in [3.8, 4) is 5.75 Å². The third-order valence-electron chi connectivity index (χ3n) is 5.83. The first-order valence-corrected chi connectivity index (χ1v) is 11.1. The normalized spacial score (nSPS) is 12.8. The van der Waals surface area contributed by atoms with Gasteiger partial charge in [0.15, 0.2) is 5.78 Å². The maximum absolute atomic E-state index is 13.2. The highest BCUT2D eigenvalue weighted by Crippen LogP contribution is 2.31. The van der Waals surface area contributed by atoms with E-state index in [1.807, 2.05) is 25.1 Å². The third kappa shape index (κ3) is 5.64. The molecule has 2 aromatic carbocycles. The van der Waals surface area contributed by atoms with Gasteiger partial charge in [-0.25, -0.2) is 0 Å². The number of hydrogen-bond donors (Lipinski definition) is 2. The van der Waals surface area contributed by atoms with Gasteiger partial charge in [0.25, 0.3) is 5.91 Å². The number of aryl methyl sites for hydroxylation is 1. The summed E-state index contributed by atoms with van der Waals surface area (Å²) in [6.07, 6.45) is 0.859. The molecule has 0 saturated carbocycles. The number of benzene rings is 2. The SMILES string of the molecule is Br.CCOc1cc2c(cc1C(=O)NC)C(=N)N(CC(=O)c1cc(CC)cc(C(C)(C)C)c1)C2. The van der Waals surface area contributed by atoms with Crippen molar-refractivity contribution in [2.24, 2.45) is 0 Å². The van der Waals surface area contributed by atoms with Crippen LogP contribution in [0.15, 0.2) is 30.3 Å². The Morgan fingerprint density at radius 3 is 2.39 bits per heavy atom. The Morgan fingerprint density at radius 2 is 1.82 bits per heavy atom. The molecule has 0 saturated heterocycles. The molecule has 1 amide bonds. The first-order valence-electron chi connectivity index (χ1n) is 11.1. The van der Waals surface area contributed by atoms with Gasteiger partial charge < -0.3 is 15.0 Å². The van der Waals surface area contributed by atoms with Gasteiger partial charge in [0.05, 0.1) is 18.7 Å². The lowest BCUT2D eigenvalue weighted by Crippen LogP contribution is -2.30. The molecule has 7 heteroatoms. The van der Waals surface area contributed by atoms with Crippen molar-refractivity contribution in [3.05, 3.63) is 63.7 Å². The zero-order chi connectivity index (χ0) is 23.6. The van der Waals surface area contributed by atoms with E-state index in [9.17, 15) is 9.59 Å². The van der Waals surface area contributed by atoms with Crippen LogP contribution in [0, 0.1) is 5.41 Å². The Kier molecular flexibility index (Phi) is 8.46. The predicted octanol–water partition coefficient (Wildman–Crippen LogP) is 4.91. The molecule has 0 radical (unpaired) electrons. The van der Waals surface area contributed by atoms with E-state index < -0.39 is 0 Å². The fraction of sp³-hybridized carbons (Fsp3) is 0.423. The molecule has 2 aromatic rings. The van der Waals surface area contributed by atoms with Gasteiger partial charge in [-0.2, -0.15) is 0 Å². The van der Waals surface area contributed by atoms with E-state index in [1.54, 1.807) is 18.0 Å². The van der Waals surface area contributed by atoms with Crippen molar-refractivity contribution in [2.45, 2.75) is 53.0 Å². The van der Waals surface area contributed by atoms with Gasteiger partial charge in [-0.05, 0) is 59.7 Å². The molecule has 6 nitrogen and oxygen atoms in total. The lowest BCUT2D eigenvalue weighted by Gasteiger charge is -2.22. The molecule has 3 rings (SSSR count). The molecule has 0 aromatic heterocycles. The number of rotatable bonds is 7. The molecule has 33 heavy (non-hydrogen) atoms. The average Bonchev–Trinajstić information content (AvgIpc) is 3.06. The smallest absolute Gasteiger partial charge is 0.254 e. The second-order valence-corrected chi connectivity index (χ2v) is 9.17. The van der Waals surface area contributed by atoms with Crippen LogP contribution in [0.25, 0.3) is 0 Å². The van der Waals surface area contributed by atoms with E-state index in [1.165, 1.54) is 0 Å². The van der Waals surface area contributed by atoms with Crippen molar-refractivity contribution in [1.29, 1.82) is 5.41 Å². The third-order valence-corrected chi connectivity index (χ3v) is 5.83. The molecule has 1 aliphatic rings. The molecule has 2 N–H and O–H groups in total. The number of carbonyl (C=O) groups excluding carboxylic acids is 2. The largest absolute Gasteiger partial charge is 0.493 e. The molecule has 0 fully saturated rings. The van der Waals surface area contributed by atoms with E-state index in [2.05, 4.69) is 39.1 Å². The molecule has 0 spiro atoms. The van der Waals surface area contributed by atoms with Crippen LogP contribution in [-0.2, 0) is 18.4 Å². The lowest BCUT2D eigenvalue weighted by molar-refractivity contribution is 0.0953. The first-order chi connectivity index (χ1) is 15.1. The molecular formula is C26H34BrN3O3. The van der Waals surface area contributed by atoms with Crippen molar-refractivity contribution < 1.29 is 14.3 Å². The maximum atomic E-state index is 13.2. The molecule has 0 unspecified atom stereocenters. The number of ether oxygens (including phenoxy) is 1. The summed E-state index contributed by atoms with van der Waals surface area (Å²) in [5, 5.41) is 11.3. The lowest BCUT2D eigenvalue weighted by atomic mass is 9.84. The van der Waals surface area contributed by atoms with E-state index in [4.69, 9.17) is 10.1 Å². The number of nitrogens with one attached hydrogen (secondary N) is 2. The van der Waals surface area contributed by atoms with Crippen LogP contribution in [0.4, 0.5) is 0 Å². The Bertz CT molecular complexity index is 1070. The fourth-order valence-corrected chi connectivity index (χ4v) is 3.90. The van der Waals surface area contributed by atoms with Gasteiger partial charge in [-0.15, -0.1) is 17.0 Å². The number of amidine groups is 1. The average molecular weight is 516 g/mol. The highest BCUT2D eigenvalue weighted by molar-refractivity contribution is 8.93. The summed E-state index contributed by atoms with van der Waals surface area (Å²) in [7, 11) is 1.57. The number of ketones is 1. The predicted molar refractivity (Wildman–Crippen MR) is 137 cm³/mol. The monoisotopic (exact) mass is 515 g/mol. The van der Waals surface area contributed by atoms with Crippen LogP contribution in [-0.4, -0.2) is 42.6 Å². The second-order valence-electron chi connectivity index (χ2n) is 9.17. The number of nitrogens with zero attached hydrogens (tertiary/aromatic N) is 1. The van der Waals surface area contributed by atoms with E-state index in [-0.39, 0.29) is 46.5 Å². The zero-order valence-electron chi connectivity index (χ0n) is 20.3. The quantitative estimate of drug-likeness (QED) is 0.513. The van der Waals surface area contributed by atoms with Gasteiger partial charge in [0.2, 0.25) is 0 Å². The minimum atomic E-state index is -0.260. The maximum Gasteiger partial charge on any atom is 0.254 e. The standard InChI is InChI=1S/C26H33N3O3.BrH/c1-7-16-9-17(11-19(10-16)26(3,4)5)22(30)15-29-14-18-12-23(32-8-2)21(25(31)28-6)13-20(18)24(29)27;/h9-13,27H,7-8,14-15H2,1-6H3,(H,28,31);1H. The van der Waals surface area contributed by atoms with Gasteiger partial charge >= 0.3 is 0 Å². The summed E-state index contributed by atoms with van der Waals surface area (Å²) in [6, 6.07) is 9.62. The van der Waals surface area contributed by atoms with Crippen LogP contribution >= 0.6 is 17.0 Å². The Labute approximate surface area is 207 Å². The molecule has 0 aliphatic carbocycles. The van der Waals surface area contributed by atoms with Crippen molar-refractivity contribution in [2.75, 3.05) is 20.2 Å². The number of halogens is 1. The van der Waals surface area contributed by atoms with Crippen molar-refractivity contribution in [1.82, 2.24) is 10.2 Å². The van der Waals surface area contributed by atoms with Gasteiger partial charge in [0.1, 0.15) is 11.6 Å². The minimum Gasteiger partial charge on any atom is -0.493 e. The van der Waals surface area contributed by atoms with Crippen LogP contribution in [0.5, 0.6) is 5.75 Å². The number of fused-ring (bicyclic) bond motifs is 1. The Balaban J connectivity index is 0.00000385. The van der Waals surface area contributed by atoms with Gasteiger partial charge in [-0.3, -0.25) is 15.0 Å². The van der Waals surface area contributed by atoms with E-state index in [0.717, 1.165) is 23.1 Å². The number of Topliss-reactive ketones (excluding diaryl/α,β-unsaturated/α-hetero) is 1. The van der Waals surface area contributed by atoms with Crippen LogP contribution < -0.4 is 10.1 Å². The molecule has 1 aliphatic heterocycles. The number of amides is 1. The summed E-state index contributed by atoms with van der Waals surface area (Å²) in [5.74, 6) is 0.478.